The molecule has 2 aromatic heterocycles. The maximum atomic E-state index is 12.3. The van der Waals surface area contributed by atoms with Gasteiger partial charge in [0.05, 0.1) is 6.33 Å². The van der Waals surface area contributed by atoms with E-state index in [1.54, 1.807) is 25.5 Å². The Balaban J connectivity index is 1.61. The van der Waals surface area contributed by atoms with Gasteiger partial charge in [-0.2, -0.15) is 0 Å². The van der Waals surface area contributed by atoms with Gasteiger partial charge in [0.25, 0.3) is 5.91 Å². The monoisotopic (exact) mass is 369 g/mol. The molecule has 1 aromatic carbocycles. The van der Waals surface area contributed by atoms with Gasteiger partial charge >= 0.3 is 5.63 Å². The minimum absolute atomic E-state index is 0.189. The maximum absolute atomic E-state index is 12.3. The van der Waals surface area contributed by atoms with Gasteiger partial charge in [0.2, 0.25) is 0 Å². The lowest BCUT2D eigenvalue weighted by Gasteiger charge is -2.17. The van der Waals surface area contributed by atoms with Crippen molar-refractivity contribution in [3.63, 3.8) is 0 Å². The van der Waals surface area contributed by atoms with E-state index in [0.29, 0.717) is 23.4 Å². The van der Waals surface area contributed by atoms with Crippen LogP contribution in [0, 0.1) is 13.8 Å². The Bertz CT molecular complexity index is 992. The summed E-state index contributed by atoms with van der Waals surface area (Å²) in [4.78, 5) is 27.9. The smallest absolute Gasteiger partial charge is 0.336 e. The molecule has 1 N–H and O–H groups in total. The molecule has 3 rings (SSSR count). The first-order chi connectivity index (χ1) is 13.0. The molecule has 142 valence electrons. The number of nitrogens with zero attached hydrogens (tertiary/aromatic N) is 2. The highest BCUT2D eigenvalue weighted by atomic mass is 16.5. The fraction of sp³-hybridized carbons (Fsp3) is 0.350. The fourth-order valence-electron chi connectivity index (χ4n) is 2.91. The van der Waals surface area contributed by atoms with Crippen molar-refractivity contribution in [1.82, 2.24) is 14.9 Å². The van der Waals surface area contributed by atoms with Gasteiger partial charge in [-0.3, -0.25) is 4.79 Å². The zero-order valence-corrected chi connectivity index (χ0v) is 15.7. The first-order valence-corrected chi connectivity index (χ1v) is 8.90. The van der Waals surface area contributed by atoms with Gasteiger partial charge < -0.3 is 19.0 Å². The quantitative estimate of drug-likeness (QED) is 0.511. The molecule has 2 heterocycles. The van der Waals surface area contributed by atoms with Crippen molar-refractivity contribution in [2.45, 2.75) is 39.8 Å². The van der Waals surface area contributed by atoms with Crippen molar-refractivity contribution in [2.75, 3.05) is 6.54 Å². The van der Waals surface area contributed by atoms with Crippen molar-refractivity contribution in [3.8, 4) is 5.75 Å². The number of nitrogens with one attached hydrogen (secondary N) is 1. The van der Waals surface area contributed by atoms with Gasteiger partial charge in [-0.25, -0.2) is 9.78 Å². The third-order valence-electron chi connectivity index (χ3n) is 4.44. The Labute approximate surface area is 157 Å². The van der Waals surface area contributed by atoms with Crippen LogP contribution in [0.1, 0.15) is 24.5 Å². The summed E-state index contributed by atoms with van der Waals surface area (Å²) in [5, 5.41) is 3.73. The summed E-state index contributed by atoms with van der Waals surface area (Å²) in [5.41, 5.74) is 1.64. The van der Waals surface area contributed by atoms with Gasteiger partial charge in [-0.1, -0.05) is 0 Å². The Morgan fingerprint density at radius 3 is 2.93 bits per heavy atom. The zero-order valence-electron chi connectivity index (χ0n) is 15.7. The lowest BCUT2D eigenvalue weighted by molar-refractivity contribution is -0.127. The standard InChI is InChI=1S/C20H23N3O4/c1-13-11-18(24)27-19-14(2)17(6-5-16(13)19)26-15(3)20(25)22-7-4-9-23-10-8-21-12-23/h5-6,8,10-12,15H,4,7,9H2,1-3H3,(H,22,25)/t15-/m0/s1. The van der Waals surface area contributed by atoms with Crippen LogP contribution < -0.4 is 15.7 Å². The van der Waals surface area contributed by atoms with E-state index in [9.17, 15) is 9.59 Å². The van der Waals surface area contributed by atoms with Crippen LogP contribution in [0.4, 0.5) is 0 Å². The number of fused-ring (bicyclic) bond motifs is 1. The Morgan fingerprint density at radius 1 is 1.37 bits per heavy atom. The molecule has 0 saturated heterocycles. The molecule has 0 fully saturated rings. The van der Waals surface area contributed by atoms with E-state index < -0.39 is 11.7 Å². The molecule has 0 radical (unpaired) electrons. The molecule has 0 unspecified atom stereocenters. The average Bonchev–Trinajstić information content (AvgIpc) is 3.14. The number of benzene rings is 1. The molecular formula is C20H23N3O4. The van der Waals surface area contributed by atoms with Crippen LogP contribution in [0.5, 0.6) is 5.75 Å². The van der Waals surface area contributed by atoms with Crippen LogP contribution >= 0.6 is 0 Å². The Hall–Kier alpha value is -3.09. The largest absolute Gasteiger partial charge is 0.480 e. The van der Waals surface area contributed by atoms with Gasteiger partial charge in [0.15, 0.2) is 6.10 Å². The van der Waals surface area contributed by atoms with E-state index >= 15 is 0 Å². The topological polar surface area (TPSA) is 86.4 Å². The number of aromatic nitrogens is 2. The summed E-state index contributed by atoms with van der Waals surface area (Å²) < 4.78 is 13.1. The lowest BCUT2D eigenvalue weighted by Crippen LogP contribution is -2.37. The molecule has 1 atom stereocenters. The number of ether oxygens (including phenoxy) is 1. The van der Waals surface area contributed by atoms with E-state index in [-0.39, 0.29) is 5.91 Å². The Morgan fingerprint density at radius 2 is 2.19 bits per heavy atom. The molecule has 7 nitrogen and oxygen atoms in total. The van der Waals surface area contributed by atoms with Crippen LogP contribution in [-0.4, -0.2) is 28.1 Å². The number of hydrogen-bond acceptors (Lipinski definition) is 5. The molecule has 0 aliphatic heterocycles. The molecule has 0 spiro atoms. The molecule has 0 saturated carbocycles. The molecule has 0 aliphatic carbocycles. The van der Waals surface area contributed by atoms with Crippen molar-refractivity contribution in [2.24, 2.45) is 0 Å². The molecule has 0 aliphatic rings. The van der Waals surface area contributed by atoms with Gasteiger partial charge in [-0.15, -0.1) is 0 Å². The van der Waals surface area contributed by atoms with E-state index in [4.69, 9.17) is 9.15 Å². The maximum Gasteiger partial charge on any atom is 0.336 e. The normalized spacial score (nSPS) is 12.1. The van der Waals surface area contributed by atoms with E-state index in [0.717, 1.165) is 23.9 Å². The van der Waals surface area contributed by atoms with Crippen LogP contribution in [0.3, 0.4) is 0 Å². The third kappa shape index (κ3) is 4.36. The minimum atomic E-state index is -0.661. The highest BCUT2D eigenvalue weighted by molar-refractivity contribution is 5.85. The average molecular weight is 369 g/mol. The fourth-order valence-corrected chi connectivity index (χ4v) is 2.91. The summed E-state index contributed by atoms with van der Waals surface area (Å²) in [6.45, 7) is 6.71. The number of carbonyl (C=O) groups is 1. The van der Waals surface area contributed by atoms with Crippen molar-refractivity contribution in [1.29, 1.82) is 0 Å². The van der Waals surface area contributed by atoms with Crippen LogP contribution in [0.15, 0.2) is 46.1 Å². The second kappa shape index (κ2) is 8.07. The van der Waals surface area contributed by atoms with Gasteiger partial charge in [-0.05, 0) is 44.9 Å². The van der Waals surface area contributed by atoms with Crippen LogP contribution in [0.2, 0.25) is 0 Å². The molecule has 7 heteroatoms. The van der Waals surface area contributed by atoms with E-state index in [1.165, 1.54) is 6.07 Å². The zero-order chi connectivity index (χ0) is 19.4. The first-order valence-electron chi connectivity index (χ1n) is 8.90. The second-order valence-corrected chi connectivity index (χ2v) is 6.52. The number of amides is 1. The molecule has 0 bridgehead atoms. The SMILES string of the molecule is Cc1cc(=O)oc2c(C)c(O[C@@H](C)C(=O)NCCCn3ccnc3)ccc12. The van der Waals surface area contributed by atoms with Crippen LogP contribution in [0.25, 0.3) is 11.0 Å². The van der Waals surface area contributed by atoms with Crippen LogP contribution in [-0.2, 0) is 11.3 Å². The summed E-state index contributed by atoms with van der Waals surface area (Å²) in [7, 11) is 0. The van der Waals surface area contributed by atoms with Crippen molar-refractivity contribution in [3.05, 3.63) is 58.5 Å². The van der Waals surface area contributed by atoms with Gasteiger partial charge in [0, 0.05) is 42.5 Å². The molecule has 1 amide bonds. The first kappa shape index (κ1) is 18.7. The molecule has 3 aromatic rings. The molecular weight excluding hydrogens is 346 g/mol. The van der Waals surface area contributed by atoms with Crippen molar-refractivity contribution < 1.29 is 13.9 Å². The number of hydrogen-bond donors (Lipinski definition) is 1. The summed E-state index contributed by atoms with van der Waals surface area (Å²) in [5.74, 6) is 0.336. The summed E-state index contributed by atoms with van der Waals surface area (Å²) in [6, 6.07) is 5.10. The second-order valence-electron chi connectivity index (χ2n) is 6.52. The lowest BCUT2D eigenvalue weighted by atomic mass is 10.1. The number of rotatable bonds is 7. The van der Waals surface area contributed by atoms with Gasteiger partial charge in [0.1, 0.15) is 11.3 Å². The minimum Gasteiger partial charge on any atom is -0.480 e. The third-order valence-corrected chi connectivity index (χ3v) is 4.44. The van der Waals surface area contributed by atoms with E-state index in [1.807, 2.05) is 30.7 Å². The number of imidazole rings is 1. The number of aryl methyl sites for hydroxylation is 3. The highest BCUT2D eigenvalue weighted by Crippen LogP contribution is 2.28. The highest BCUT2D eigenvalue weighted by Gasteiger charge is 2.17. The number of carbonyl (C=O) groups excluding carboxylic acids is 1. The Kier molecular flexibility index (Phi) is 5.59. The summed E-state index contributed by atoms with van der Waals surface area (Å²) >= 11 is 0. The van der Waals surface area contributed by atoms with Crippen molar-refractivity contribution >= 4 is 16.9 Å². The predicted octanol–water partition coefficient (Wildman–Crippen LogP) is 2.58. The predicted molar refractivity (Wildman–Crippen MR) is 102 cm³/mol. The molecule has 27 heavy (non-hydrogen) atoms. The van der Waals surface area contributed by atoms with E-state index in [2.05, 4.69) is 10.3 Å². The summed E-state index contributed by atoms with van der Waals surface area (Å²) in [6.07, 6.45) is 5.50.